The number of aryl methyl sites for hydroxylation is 1. The van der Waals surface area contributed by atoms with Crippen LogP contribution in [0.3, 0.4) is 0 Å². The van der Waals surface area contributed by atoms with Crippen molar-refractivity contribution in [1.82, 2.24) is 4.98 Å². The van der Waals surface area contributed by atoms with Gasteiger partial charge < -0.3 is 5.11 Å². The molecule has 1 aromatic rings. The van der Waals surface area contributed by atoms with Gasteiger partial charge >= 0.3 is 0 Å². The summed E-state index contributed by atoms with van der Waals surface area (Å²) in [4.78, 5) is 4.00. The van der Waals surface area contributed by atoms with Crippen molar-refractivity contribution in [1.29, 1.82) is 0 Å². The Hall–Kier alpha value is -1.48. The summed E-state index contributed by atoms with van der Waals surface area (Å²) >= 11 is 0. The molecule has 0 radical (unpaired) electrons. The maximum absolute atomic E-state index is 14.6. The van der Waals surface area contributed by atoms with E-state index in [1.54, 1.807) is 6.20 Å². The molecule has 0 aromatic carbocycles. The molecule has 4 aliphatic carbocycles. The molecule has 4 aliphatic rings. The highest BCUT2D eigenvalue weighted by molar-refractivity contribution is 5.73. The lowest BCUT2D eigenvalue weighted by Gasteiger charge is -2.57. The first kappa shape index (κ1) is 18.5. The normalized spacial score (nSPS) is 42.2. The number of rotatable bonds is 1. The second-order valence-electron chi connectivity index (χ2n) is 10.3. The number of aromatic nitrogens is 1. The van der Waals surface area contributed by atoms with Crippen molar-refractivity contribution >= 4 is 5.57 Å². The van der Waals surface area contributed by atoms with Gasteiger partial charge in [0.25, 0.3) is 0 Å². The number of nitrogens with zero attached hydrogens (tertiary/aromatic N) is 1. The summed E-state index contributed by atoms with van der Waals surface area (Å²) in [5.74, 6) is 1.63. The standard InChI is InChI=1S/C25H32FNO/c1-15-12-19(23(26)27-14-15)21-7-6-20-18-5-4-16-13-17(28)8-10-24(16,2)22(18)9-11-25(20,21)3/h4,7,12,14,17-18,20,22,28H,5-6,8-11,13H2,1-3H3/t17-,18-,20-,22-,24-,25-/m0/s1. The first-order valence-corrected chi connectivity index (χ1v) is 11.0. The number of fused-ring (bicyclic) bond motifs is 5. The summed E-state index contributed by atoms with van der Waals surface area (Å²) in [5, 5.41) is 10.2. The number of hydrogen-bond acceptors (Lipinski definition) is 2. The molecule has 2 saturated carbocycles. The van der Waals surface area contributed by atoms with Crippen LogP contribution >= 0.6 is 0 Å². The average Bonchev–Trinajstić information content (AvgIpc) is 3.01. The lowest BCUT2D eigenvalue weighted by atomic mass is 9.47. The number of allylic oxidation sites excluding steroid dienone is 3. The fraction of sp³-hybridized carbons (Fsp3) is 0.640. The fourth-order valence-electron chi connectivity index (χ4n) is 7.37. The van der Waals surface area contributed by atoms with Crippen LogP contribution in [-0.4, -0.2) is 16.2 Å². The molecule has 0 spiro atoms. The Morgan fingerprint density at radius 2 is 1.86 bits per heavy atom. The number of aliphatic hydroxyl groups excluding tert-OH is 1. The van der Waals surface area contributed by atoms with Crippen LogP contribution < -0.4 is 0 Å². The van der Waals surface area contributed by atoms with Gasteiger partial charge in [-0.1, -0.05) is 31.6 Å². The predicted molar refractivity (Wildman–Crippen MR) is 110 cm³/mol. The molecule has 6 atom stereocenters. The quantitative estimate of drug-likeness (QED) is 0.489. The minimum Gasteiger partial charge on any atom is -0.393 e. The minimum atomic E-state index is -0.320. The largest absolute Gasteiger partial charge is 0.393 e. The average molecular weight is 382 g/mol. The number of halogens is 1. The second-order valence-corrected chi connectivity index (χ2v) is 10.3. The van der Waals surface area contributed by atoms with Gasteiger partial charge in [0, 0.05) is 11.8 Å². The lowest BCUT2D eigenvalue weighted by molar-refractivity contribution is -0.0238. The molecular formula is C25H32FNO. The van der Waals surface area contributed by atoms with E-state index in [2.05, 4.69) is 31.0 Å². The zero-order valence-corrected chi connectivity index (χ0v) is 17.3. The molecule has 1 aromatic heterocycles. The van der Waals surface area contributed by atoms with Crippen molar-refractivity contribution < 1.29 is 9.50 Å². The molecule has 1 N–H and O–H groups in total. The van der Waals surface area contributed by atoms with Crippen molar-refractivity contribution in [2.75, 3.05) is 0 Å². The molecule has 28 heavy (non-hydrogen) atoms. The van der Waals surface area contributed by atoms with Crippen LogP contribution in [-0.2, 0) is 0 Å². The van der Waals surface area contributed by atoms with Crippen molar-refractivity contribution in [3.05, 3.63) is 47.1 Å². The lowest BCUT2D eigenvalue weighted by Crippen LogP contribution is -2.49. The van der Waals surface area contributed by atoms with E-state index in [1.165, 1.54) is 17.6 Å². The molecule has 5 rings (SSSR count). The monoisotopic (exact) mass is 381 g/mol. The molecule has 0 unspecified atom stereocenters. The minimum absolute atomic E-state index is 0.0490. The Balaban J connectivity index is 1.49. The third kappa shape index (κ3) is 2.51. The van der Waals surface area contributed by atoms with Crippen molar-refractivity contribution in [2.24, 2.45) is 28.6 Å². The summed E-state index contributed by atoms with van der Waals surface area (Å²) in [7, 11) is 0. The predicted octanol–water partition coefficient (Wildman–Crippen LogP) is 5.85. The zero-order valence-electron chi connectivity index (χ0n) is 17.3. The maximum Gasteiger partial charge on any atom is 0.220 e. The Bertz CT molecular complexity index is 873. The van der Waals surface area contributed by atoms with E-state index in [-0.39, 0.29) is 22.9 Å². The molecule has 0 aliphatic heterocycles. The highest BCUT2D eigenvalue weighted by Crippen LogP contribution is 2.66. The van der Waals surface area contributed by atoms with E-state index in [0.717, 1.165) is 49.7 Å². The molecule has 3 heteroatoms. The van der Waals surface area contributed by atoms with Crippen molar-refractivity contribution in [2.45, 2.75) is 71.8 Å². The first-order valence-electron chi connectivity index (χ1n) is 11.0. The Labute approximate surface area is 168 Å². The Morgan fingerprint density at radius 3 is 2.68 bits per heavy atom. The molecule has 0 saturated heterocycles. The Morgan fingerprint density at radius 1 is 1.07 bits per heavy atom. The van der Waals surface area contributed by atoms with Crippen LogP contribution in [0.1, 0.15) is 69.9 Å². The van der Waals surface area contributed by atoms with Crippen LogP contribution in [0, 0.1) is 41.5 Å². The van der Waals surface area contributed by atoms with E-state index in [9.17, 15) is 9.50 Å². The van der Waals surface area contributed by atoms with Crippen LogP contribution in [0.4, 0.5) is 4.39 Å². The smallest absolute Gasteiger partial charge is 0.220 e. The van der Waals surface area contributed by atoms with Gasteiger partial charge in [-0.2, -0.15) is 4.39 Å². The number of pyridine rings is 1. The van der Waals surface area contributed by atoms with E-state index in [1.807, 2.05) is 13.0 Å². The Kier molecular flexibility index (Phi) is 4.14. The number of aliphatic hydroxyl groups is 1. The van der Waals surface area contributed by atoms with Crippen LogP contribution in [0.5, 0.6) is 0 Å². The molecule has 2 nitrogen and oxygen atoms in total. The van der Waals surface area contributed by atoms with Gasteiger partial charge in [-0.3, -0.25) is 0 Å². The number of hydrogen-bond donors (Lipinski definition) is 1. The van der Waals surface area contributed by atoms with E-state index >= 15 is 0 Å². The molecular weight excluding hydrogens is 349 g/mol. The molecule has 0 amide bonds. The topological polar surface area (TPSA) is 33.1 Å². The molecule has 150 valence electrons. The van der Waals surface area contributed by atoms with Gasteiger partial charge in [-0.15, -0.1) is 0 Å². The van der Waals surface area contributed by atoms with Crippen molar-refractivity contribution in [3.63, 3.8) is 0 Å². The summed E-state index contributed by atoms with van der Waals surface area (Å²) in [6.07, 6.45) is 13.7. The first-order chi connectivity index (χ1) is 13.3. The highest BCUT2D eigenvalue weighted by Gasteiger charge is 2.57. The maximum atomic E-state index is 14.6. The van der Waals surface area contributed by atoms with Gasteiger partial charge in [0.15, 0.2) is 0 Å². The third-order valence-electron chi connectivity index (χ3n) is 8.92. The van der Waals surface area contributed by atoms with Gasteiger partial charge in [-0.25, -0.2) is 4.98 Å². The van der Waals surface area contributed by atoms with Crippen LogP contribution in [0.15, 0.2) is 30.0 Å². The second kappa shape index (κ2) is 6.26. The van der Waals surface area contributed by atoms with Gasteiger partial charge in [0.2, 0.25) is 5.95 Å². The van der Waals surface area contributed by atoms with Crippen molar-refractivity contribution in [3.8, 4) is 0 Å². The van der Waals surface area contributed by atoms with Gasteiger partial charge in [0.05, 0.1) is 6.10 Å². The fourth-order valence-corrected chi connectivity index (χ4v) is 7.37. The molecule has 1 heterocycles. The van der Waals surface area contributed by atoms with Crippen LogP contribution in [0.2, 0.25) is 0 Å². The van der Waals surface area contributed by atoms with Gasteiger partial charge in [-0.05, 0) is 97.7 Å². The summed E-state index contributed by atoms with van der Waals surface area (Å²) < 4.78 is 14.6. The van der Waals surface area contributed by atoms with Crippen LogP contribution in [0.25, 0.3) is 5.57 Å². The SMILES string of the molecule is Cc1cnc(F)c(C2=CC[C@H]3[C@@H]4CC=C5C[C@@H](O)CC[C@]5(C)[C@H]4CC[C@]23C)c1. The summed E-state index contributed by atoms with van der Waals surface area (Å²) in [6, 6.07) is 1.98. The zero-order chi connectivity index (χ0) is 19.7. The summed E-state index contributed by atoms with van der Waals surface area (Å²) in [6.45, 7) is 6.83. The molecule has 0 bridgehead atoms. The molecule has 2 fully saturated rings. The summed E-state index contributed by atoms with van der Waals surface area (Å²) in [5.41, 5.74) is 4.76. The third-order valence-corrected chi connectivity index (χ3v) is 8.92. The highest BCUT2D eigenvalue weighted by atomic mass is 19.1. The van der Waals surface area contributed by atoms with E-state index in [0.29, 0.717) is 17.8 Å². The van der Waals surface area contributed by atoms with Gasteiger partial charge in [0.1, 0.15) is 0 Å². The van der Waals surface area contributed by atoms with E-state index in [4.69, 9.17) is 0 Å². The van der Waals surface area contributed by atoms with E-state index < -0.39 is 0 Å².